The van der Waals surface area contributed by atoms with Crippen LogP contribution in [0.4, 0.5) is 11.4 Å². The van der Waals surface area contributed by atoms with Gasteiger partial charge in [-0.15, -0.1) is 0 Å². The van der Waals surface area contributed by atoms with Gasteiger partial charge in [0, 0.05) is 18.5 Å². The molecule has 1 aromatic heterocycles. The zero-order valence-electron chi connectivity index (χ0n) is 14.1. The first-order valence-corrected chi connectivity index (χ1v) is 8.91. The lowest BCUT2D eigenvalue weighted by Gasteiger charge is -2.35. The van der Waals surface area contributed by atoms with Crippen LogP contribution in [-0.2, 0) is 4.79 Å². The highest BCUT2D eigenvalue weighted by atomic mass is 16.1. The molecule has 3 N–H and O–H groups in total. The van der Waals surface area contributed by atoms with Gasteiger partial charge in [-0.05, 0) is 45.2 Å². The first kappa shape index (κ1) is 16.2. The SMILES string of the molecule is Cc1ncc(NC(=O)C[C@@H]2CCCN2C2CCCCC2)cc1N. The summed E-state index contributed by atoms with van der Waals surface area (Å²) in [7, 11) is 0. The molecule has 1 aromatic rings. The minimum absolute atomic E-state index is 0.0720. The summed E-state index contributed by atoms with van der Waals surface area (Å²) in [5, 5.41) is 2.95. The highest BCUT2D eigenvalue weighted by molar-refractivity contribution is 5.91. The third kappa shape index (κ3) is 4.02. The van der Waals surface area contributed by atoms with Crippen LogP contribution in [-0.4, -0.2) is 34.4 Å². The van der Waals surface area contributed by atoms with Gasteiger partial charge in [0.1, 0.15) is 0 Å². The lowest BCUT2D eigenvalue weighted by Crippen LogP contribution is -2.41. The van der Waals surface area contributed by atoms with Crippen LogP contribution in [0.5, 0.6) is 0 Å². The Morgan fingerprint density at radius 1 is 1.30 bits per heavy atom. The van der Waals surface area contributed by atoms with Crippen molar-refractivity contribution in [2.24, 2.45) is 0 Å². The first-order valence-electron chi connectivity index (χ1n) is 8.91. The average Bonchev–Trinajstić information content (AvgIpc) is 3.00. The fourth-order valence-electron chi connectivity index (χ4n) is 4.02. The fourth-order valence-corrected chi connectivity index (χ4v) is 4.02. The Morgan fingerprint density at radius 3 is 2.83 bits per heavy atom. The van der Waals surface area contributed by atoms with Gasteiger partial charge in [0.25, 0.3) is 0 Å². The Morgan fingerprint density at radius 2 is 2.09 bits per heavy atom. The molecular formula is C18H28N4O. The van der Waals surface area contributed by atoms with Gasteiger partial charge in [0.2, 0.25) is 5.91 Å². The Hall–Kier alpha value is -1.62. The quantitative estimate of drug-likeness (QED) is 0.895. The number of anilines is 2. The second kappa shape index (κ2) is 7.30. The number of nitrogen functional groups attached to an aromatic ring is 1. The summed E-state index contributed by atoms with van der Waals surface area (Å²) in [6.07, 6.45) is 11.3. The molecule has 3 rings (SSSR count). The van der Waals surface area contributed by atoms with Crippen molar-refractivity contribution in [3.63, 3.8) is 0 Å². The minimum Gasteiger partial charge on any atom is -0.397 e. The summed E-state index contributed by atoms with van der Waals surface area (Å²) >= 11 is 0. The predicted octanol–water partition coefficient (Wildman–Crippen LogP) is 3.10. The van der Waals surface area contributed by atoms with Crippen LogP contribution < -0.4 is 11.1 Å². The lowest BCUT2D eigenvalue weighted by atomic mass is 9.93. The van der Waals surface area contributed by atoms with E-state index in [9.17, 15) is 4.79 Å². The predicted molar refractivity (Wildman–Crippen MR) is 93.2 cm³/mol. The molecular weight excluding hydrogens is 288 g/mol. The van der Waals surface area contributed by atoms with E-state index in [1.54, 1.807) is 12.3 Å². The molecule has 0 radical (unpaired) electrons. The number of rotatable bonds is 4. The van der Waals surface area contributed by atoms with Crippen LogP contribution >= 0.6 is 0 Å². The van der Waals surface area contributed by atoms with Gasteiger partial charge in [0.15, 0.2) is 0 Å². The third-order valence-electron chi connectivity index (χ3n) is 5.30. The van der Waals surface area contributed by atoms with E-state index in [0.29, 0.717) is 29.9 Å². The van der Waals surface area contributed by atoms with E-state index < -0.39 is 0 Å². The second-order valence-electron chi connectivity index (χ2n) is 6.98. The number of carbonyl (C=O) groups excluding carboxylic acids is 1. The second-order valence-corrected chi connectivity index (χ2v) is 6.98. The number of nitrogens with one attached hydrogen (secondary N) is 1. The molecule has 1 amide bonds. The molecule has 5 nitrogen and oxygen atoms in total. The first-order chi connectivity index (χ1) is 11.1. The normalized spacial score (nSPS) is 23.1. The summed E-state index contributed by atoms with van der Waals surface area (Å²) in [6.45, 7) is 3.02. The van der Waals surface area contributed by atoms with Gasteiger partial charge in [-0.3, -0.25) is 14.7 Å². The molecule has 1 saturated carbocycles. The zero-order valence-corrected chi connectivity index (χ0v) is 14.1. The summed E-state index contributed by atoms with van der Waals surface area (Å²) < 4.78 is 0. The monoisotopic (exact) mass is 316 g/mol. The van der Waals surface area contributed by atoms with Crippen molar-refractivity contribution in [3.8, 4) is 0 Å². The van der Waals surface area contributed by atoms with Crippen molar-refractivity contribution in [1.82, 2.24) is 9.88 Å². The molecule has 23 heavy (non-hydrogen) atoms. The van der Waals surface area contributed by atoms with Gasteiger partial charge < -0.3 is 11.1 Å². The van der Waals surface area contributed by atoms with Crippen LogP contribution in [0.3, 0.4) is 0 Å². The van der Waals surface area contributed by atoms with E-state index in [2.05, 4.69) is 15.2 Å². The van der Waals surface area contributed by atoms with Crippen LogP contribution in [0, 0.1) is 6.92 Å². The van der Waals surface area contributed by atoms with E-state index in [1.807, 2.05) is 6.92 Å². The Kier molecular flexibility index (Phi) is 5.16. The number of aromatic nitrogens is 1. The highest BCUT2D eigenvalue weighted by Gasteiger charge is 2.32. The van der Waals surface area contributed by atoms with E-state index in [4.69, 9.17) is 5.73 Å². The standard InChI is InChI=1S/C18H28N4O/c1-13-17(19)10-14(12-20-13)21-18(23)11-16-8-5-9-22(16)15-6-3-2-4-7-15/h10,12,15-16H,2-9,11,19H2,1H3,(H,21,23)/t16-/m0/s1. The number of nitrogens with zero attached hydrogens (tertiary/aromatic N) is 2. The van der Waals surface area contributed by atoms with Gasteiger partial charge in [-0.25, -0.2) is 0 Å². The molecule has 126 valence electrons. The Labute approximate surface area is 138 Å². The maximum atomic E-state index is 12.4. The molecule has 2 aliphatic rings. The molecule has 0 aromatic carbocycles. The summed E-state index contributed by atoms with van der Waals surface area (Å²) in [6, 6.07) is 2.88. The number of hydrogen-bond donors (Lipinski definition) is 2. The van der Waals surface area contributed by atoms with Gasteiger partial charge >= 0.3 is 0 Å². The highest BCUT2D eigenvalue weighted by Crippen LogP contribution is 2.30. The van der Waals surface area contributed by atoms with Crippen molar-refractivity contribution in [3.05, 3.63) is 18.0 Å². The Balaban J connectivity index is 1.56. The van der Waals surface area contributed by atoms with Crippen LogP contribution in [0.15, 0.2) is 12.3 Å². The third-order valence-corrected chi connectivity index (χ3v) is 5.30. The molecule has 0 spiro atoms. The fraction of sp³-hybridized carbons (Fsp3) is 0.667. The van der Waals surface area contributed by atoms with Crippen molar-refractivity contribution in [2.45, 2.75) is 70.4 Å². The van der Waals surface area contributed by atoms with Crippen LogP contribution in [0.1, 0.15) is 57.1 Å². The summed E-state index contributed by atoms with van der Waals surface area (Å²) in [4.78, 5) is 19.2. The minimum atomic E-state index is 0.0720. The van der Waals surface area contributed by atoms with E-state index in [-0.39, 0.29) is 5.91 Å². The molecule has 1 aliphatic heterocycles. The number of nitrogens with two attached hydrogens (primary N) is 1. The van der Waals surface area contributed by atoms with Gasteiger partial charge in [-0.2, -0.15) is 0 Å². The number of aryl methyl sites for hydroxylation is 1. The van der Waals surface area contributed by atoms with E-state index >= 15 is 0 Å². The molecule has 2 heterocycles. The number of likely N-dealkylation sites (tertiary alicyclic amines) is 1. The molecule has 0 unspecified atom stereocenters. The maximum absolute atomic E-state index is 12.4. The summed E-state index contributed by atoms with van der Waals surface area (Å²) in [5.41, 5.74) is 7.96. The smallest absolute Gasteiger partial charge is 0.225 e. The maximum Gasteiger partial charge on any atom is 0.225 e. The van der Waals surface area contributed by atoms with Crippen molar-refractivity contribution < 1.29 is 4.79 Å². The van der Waals surface area contributed by atoms with Crippen LogP contribution in [0.2, 0.25) is 0 Å². The molecule has 2 fully saturated rings. The molecule has 5 heteroatoms. The van der Waals surface area contributed by atoms with Crippen molar-refractivity contribution in [1.29, 1.82) is 0 Å². The summed E-state index contributed by atoms with van der Waals surface area (Å²) in [5.74, 6) is 0.0720. The molecule has 1 saturated heterocycles. The van der Waals surface area contributed by atoms with E-state index in [0.717, 1.165) is 18.7 Å². The largest absolute Gasteiger partial charge is 0.397 e. The molecule has 0 bridgehead atoms. The number of hydrogen-bond acceptors (Lipinski definition) is 4. The van der Waals surface area contributed by atoms with E-state index in [1.165, 1.54) is 38.5 Å². The van der Waals surface area contributed by atoms with Crippen LogP contribution in [0.25, 0.3) is 0 Å². The van der Waals surface area contributed by atoms with Crippen molar-refractivity contribution in [2.75, 3.05) is 17.6 Å². The number of carbonyl (C=O) groups is 1. The molecule has 1 aliphatic carbocycles. The lowest BCUT2D eigenvalue weighted by molar-refractivity contribution is -0.117. The van der Waals surface area contributed by atoms with Gasteiger partial charge in [0.05, 0.1) is 23.3 Å². The number of pyridine rings is 1. The van der Waals surface area contributed by atoms with Crippen molar-refractivity contribution >= 4 is 17.3 Å². The Bertz CT molecular complexity index is 554. The zero-order chi connectivity index (χ0) is 16.2. The number of amides is 1. The van der Waals surface area contributed by atoms with Gasteiger partial charge in [-0.1, -0.05) is 19.3 Å². The average molecular weight is 316 g/mol. The molecule has 1 atom stereocenters. The topological polar surface area (TPSA) is 71.2 Å².